The molecular formula is C26H24ClFN4O. The van der Waals surface area contributed by atoms with Gasteiger partial charge >= 0.3 is 0 Å². The van der Waals surface area contributed by atoms with Crippen LogP contribution in [0.15, 0.2) is 72.8 Å². The van der Waals surface area contributed by atoms with Crippen molar-refractivity contribution in [1.82, 2.24) is 9.55 Å². The standard InChI is InChI=1S/C26H24ClFN4O/c27-20-8-10-22(11-9-20)29-25(33)19-12-14-31(15-13-19)26-30-23-6-1-2-7-24(23)32(26)17-18-4-3-5-21(28)16-18/h1-11,16,19H,12-15,17H2,(H,29,33). The molecule has 0 aliphatic carbocycles. The zero-order valence-corrected chi connectivity index (χ0v) is 18.8. The monoisotopic (exact) mass is 462 g/mol. The predicted molar refractivity (Wildman–Crippen MR) is 130 cm³/mol. The summed E-state index contributed by atoms with van der Waals surface area (Å²) in [7, 11) is 0. The normalized spacial score (nSPS) is 14.5. The van der Waals surface area contributed by atoms with E-state index in [2.05, 4.69) is 14.8 Å². The predicted octanol–water partition coefficient (Wildman–Crippen LogP) is 5.73. The molecule has 5 nitrogen and oxygen atoms in total. The van der Waals surface area contributed by atoms with Crippen LogP contribution in [-0.2, 0) is 11.3 Å². The van der Waals surface area contributed by atoms with Gasteiger partial charge < -0.3 is 14.8 Å². The fourth-order valence-corrected chi connectivity index (χ4v) is 4.52. The second kappa shape index (κ2) is 9.24. The first-order chi connectivity index (χ1) is 16.1. The number of imidazole rings is 1. The van der Waals surface area contributed by atoms with E-state index in [9.17, 15) is 9.18 Å². The Labute approximate surface area is 196 Å². The van der Waals surface area contributed by atoms with Crippen molar-refractivity contribution < 1.29 is 9.18 Å². The maximum atomic E-state index is 13.8. The summed E-state index contributed by atoms with van der Waals surface area (Å²) in [6.07, 6.45) is 1.48. The molecule has 168 valence electrons. The fraction of sp³-hybridized carbons (Fsp3) is 0.231. The highest BCUT2D eigenvalue weighted by Gasteiger charge is 2.28. The van der Waals surface area contributed by atoms with E-state index in [4.69, 9.17) is 16.6 Å². The molecule has 0 atom stereocenters. The second-order valence-corrected chi connectivity index (χ2v) is 8.81. The lowest BCUT2D eigenvalue weighted by atomic mass is 9.96. The van der Waals surface area contributed by atoms with Crippen LogP contribution in [0.3, 0.4) is 0 Å². The van der Waals surface area contributed by atoms with Gasteiger partial charge in [0.25, 0.3) is 0 Å². The van der Waals surface area contributed by atoms with Crippen LogP contribution in [0.25, 0.3) is 11.0 Å². The van der Waals surface area contributed by atoms with Crippen molar-refractivity contribution in [2.75, 3.05) is 23.3 Å². The number of nitrogens with one attached hydrogen (secondary N) is 1. The van der Waals surface area contributed by atoms with Crippen LogP contribution >= 0.6 is 11.6 Å². The highest BCUT2D eigenvalue weighted by atomic mass is 35.5. The summed E-state index contributed by atoms with van der Waals surface area (Å²) in [6.45, 7) is 1.99. The Bertz CT molecular complexity index is 1280. The first-order valence-electron chi connectivity index (χ1n) is 11.1. The number of benzene rings is 3. The first-order valence-corrected chi connectivity index (χ1v) is 11.5. The summed E-state index contributed by atoms with van der Waals surface area (Å²) in [5.74, 6) is 0.589. The lowest BCUT2D eigenvalue weighted by Gasteiger charge is -2.32. The van der Waals surface area contributed by atoms with Crippen molar-refractivity contribution in [2.24, 2.45) is 5.92 Å². The molecule has 0 radical (unpaired) electrons. The van der Waals surface area contributed by atoms with Crippen molar-refractivity contribution in [3.63, 3.8) is 0 Å². The van der Waals surface area contributed by atoms with Crippen LogP contribution in [0.1, 0.15) is 18.4 Å². The van der Waals surface area contributed by atoms with Gasteiger partial charge in [0.2, 0.25) is 11.9 Å². The molecule has 1 aliphatic heterocycles. The molecule has 1 aromatic heterocycles. The van der Waals surface area contributed by atoms with Gasteiger partial charge in [-0.1, -0.05) is 35.9 Å². The second-order valence-electron chi connectivity index (χ2n) is 8.37. The molecule has 4 aromatic rings. The number of piperidine rings is 1. The number of hydrogen-bond donors (Lipinski definition) is 1. The van der Waals surface area contributed by atoms with Gasteiger partial charge in [-0.2, -0.15) is 0 Å². The average molecular weight is 463 g/mol. The van der Waals surface area contributed by atoms with Crippen LogP contribution in [0.5, 0.6) is 0 Å². The van der Waals surface area contributed by atoms with Gasteiger partial charge in [0, 0.05) is 29.7 Å². The molecule has 1 fully saturated rings. The smallest absolute Gasteiger partial charge is 0.227 e. The van der Waals surface area contributed by atoms with Gasteiger partial charge in [-0.3, -0.25) is 4.79 Å². The Hall–Kier alpha value is -3.38. The Morgan fingerprint density at radius 1 is 1.03 bits per heavy atom. The van der Waals surface area contributed by atoms with Crippen LogP contribution in [0.2, 0.25) is 5.02 Å². The summed E-state index contributed by atoms with van der Waals surface area (Å²) >= 11 is 5.93. The van der Waals surface area contributed by atoms with Gasteiger partial charge in [0.15, 0.2) is 0 Å². The number of aromatic nitrogens is 2. The van der Waals surface area contributed by atoms with Crippen LogP contribution in [0, 0.1) is 11.7 Å². The molecule has 33 heavy (non-hydrogen) atoms. The average Bonchev–Trinajstić information content (AvgIpc) is 3.19. The molecule has 5 rings (SSSR count). The summed E-state index contributed by atoms with van der Waals surface area (Å²) in [4.78, 5) is 19.9. The largest absolute Gasteiger partial charge is 0.342 e. The third-order valence-electron chi connectivity index (χ3n) is 6.12. The van der Waals surface area contributed by atoms with Crippen LogP contribution in [0.4, 0.5) is 16.0 Å². The van der Waals surface area contributed by atoms with Crippen LogP contribution < -0.4 is 10.2 Å². The number of halogens is 2. The van der Waals surface area contributed by atoms with Crippen molar-refractivity contribution in [2.45, 2.75) is 19.4 Å². The molecule has 0 unspecified atom stereocenters. The van der Waals surface area contributed by atoms with Crippen molar-refractivity contribution in [3.05, 3.63) is 89.2 Å². The molecule has 0 bridgehead atoms. The van der Waals surface area contributed by atoms with E-state index in [0.717, 1.165) is 54.2 Å². The van der Waals surface area contributed by atoms with Crippen molar-refractivity contribution in [3.8, 4) is 0 Å². The zero-order valence-electron chi connectivity index (χ0n) is 18.0. The minimum Gasteiger partial charge on any atom is -0.342 e. The van der Waals surface area contributed by atoms with E-state index < -0.39 is 0 Å². The Kier molecular flexibility index (Phi) is 6.01. The van der Waals surface area contributed by atoms with E-state index in [-0.39, 0.29) is 17.6 Å². The molecule has 1 aliphatic rings. The topological polar surface area (TPSA) is 50.2 Å². The summed E-state index contributed by atoms with van der Waals surface area (Å²) in [5, 5.41) is 3.63. The number of rotatable bonds is 5. The van der Waals surface area contributed by atoms with Gasteiger partial charge in [-0.15, -0.1) is 0 Å². The molecule has 3 aromatic carbocycles. The van der Waals surface area contributed by atoms with Gasteiger partial charge in [0.05, 0.1) is 17.6 Å². The third kappa shape index (κ3) is 4.71. The Balaban J connectivity index is 1.33. The maximum Gasteiger partial charge on any atom is 0.227 e. The summed E-state index contributed by atoms with van der Waals surface area (Å²) < 4.78 is 15.9. The molecule has 1 saturated heterocycles. The highest BCUT2D eigenvalue weighted by Crippen LogP contribution is 2.28. The first kappa shape index (κ1) is 21.5. The number of para-hydroxylation sites is 2. The summed E-state index contributed by atoms with van der Waals surface area (Å²) in [6, 6.07) is 21.8. The van der Waals surface area contributed by atoms with Crippen LogP contribution in [-0.4, -0.2) is 28.5 Å². The zero-order chi connectivity index (χ0) is 22.8. The molecule has 1 amide bonds. The fourth-order valence-electron chi connectivity index (χ4n) is 4.40. The quantitative estimate of drug-likeness (QED) is 0.412. The third-order valence-corrected chi connectivity index (χ3v) is 6.38. The molecular weight excluding hydrogens is 439 g/mol. The van der Waals surface area contributed by atoms with E-state index in [1.807, 2.05) is 42.5 Å². The highest BCUT2D eigenvalue weighted by molar-refractivity contribution is 6.30. The van der Waals surface area contributed by atoms with Crippen molar-refractivity contribution in [1.29, 1.82) is 0 Å². The van der Waals surface area contributed by atoms with E-state index in [1.165, 1.54) is 6.07 Å². The minimum absolute atomic E-state index is 0.0326. The Morgan fingerprint density at radius 3 is 2.55 bits per heavy atom. The molecule has 0 spiro atoms. The van der Waals surface area contributed by atoms with E-state index in [1.54, 1.807) is 24.3 Å². The summed E-state index contributed by atoms with van der Waals surface area (Å²) in [5.41, 5.74) is 3.56. The number of carbonyl (C=O) groups excluding carboxylic acids is 1. The maximum absolute atomic E-state index is 13.8. The molecule has 1 N–H and O–H groups in total. The van der Waals surface area contributed by atoms with Gasteiger partial charge in [-0.05, 0) is 66.9 Å². The molecule has 0 saturated carbocycles. The number of fused-ring (bicyclic) bond motifs is 1. The number of nitrogens with zero attached hydrogens (tertiary/aromatic N) is 3. The Morgan fingerprint density at radius 2 is 1.79 bits per heavy atom. The number of hydrogen-bond acceptors (Lipinski definition) is 3. The number of carbonyl (C=O) groups is 1. The number of anilines is 2. The molecule has 7 heteroatoms. The number of amides is 1. The van der Waals surface area contributed by atoms with E-state index in [0.29, 0.717) is 11.6 Å². The molecule has 2 heterocycles. The van der Waals surface area contributed by atoms with E-state index >= 15 is 0 Å². The van der Waals surface area contributed by atoms with Gasteiger partial charge in [-0.25, -0.2) is 9.37 Å². The SMILES string of the molecule is O=C(Nc1ccc(Cl)cc1)C1CCN(c2nc3ccccc3n2Cc2cccc(F)c2)CC1. The minimum atomic E-state index is -0.244. The lowest BCUT2D eigenvalue weighted by Crippen LogP contribution is -2.39. The lowest BCUT2D eigenvalue weighted by molar-refractivity contribution is -0.120. The van der Waals surface area contributed by atoms with Crippen molar-refractivity contribution >= 4 is 40.2 Å². The van der Waals surface area contributed by atoms with Gasteiger partial charge in [0.1, 0.15) is 5.82 Å².